The van der Waals surface area contributed by atoms with Crippen LogP contribution in [-0.4, -0.2) is 23.9 Å². The van der Waals surface area contributed by atoms with Crippen molar-refractivity contribution in [3.05, 3.63) is 35.4 Å². The molecule has 0 aromatic heterocycles. The van der Waals surface area contributed by atoms with Gasteiger partial charge in [-0.1, -0.05) is 24.3 Å². The molecule has 0 amide bonds. The van der Waals surface area contributed by atoms with Gasteiger partial charge in [0.25, 0.3) is 5.92 Å². The fraction of sp³-hybridized carbons (Fsp3) is 0.600. The second-order valence-electron chi connectivity index (χ2n) is 5.60. The van der Waals surface area contributed by atoms with E-state index in [0.29, 0.717) is 6.42 Å². The fourth-order valence-corrected chi connectivity index (χ4v) is 2.88. The van der Waals surface area contributed by atoms with E-state index in [0.717, 1.165) is 32.5 Å². The molecule has 1 unspecified atom stereocenters. The van der Waals surface area contributed by atoms with E-state index < -0.39 is 5.92 Å². The lowest BCUT2D eigenvalue weighted by atomic mass is 10.0. The van der Waals surface area contributed by atoms with E-state index >= 15 is 0 Å². The first-order valence-corrected chi connectivity index (χ1v) is 6.82. The Morgan fingerprint density at radius 1 is 1.22 bits per heavy atom. The molecular formula is C15H19F2N. The Morgan fingerprint density at radius 2 is 1.94 bits per heavy atom. The summed E-state index contributed by atoms with van der Waals surface area (Å²) in [4.78, 5) is 2.33. The van der Waals surface area contributed by atoms with Gasteiger partial charge < -0.3 is 0 Å². The maximum atomic E-state index is 12.9. The van der Waals surface area contributed by atoms with Crippen molar-refractivity contribution in [3.63, 3.8) is 0 Å². The van der Waals surface area contributed by atoms with Crippen molar-refractivity contribution in [2.45, 2.75) is 38.2 Å². The highest BCUT2D eigenvalue weighted by Crippen LogP contribution is 2.50. The first-order valence-electron chi connectivity index (χ1n) is 6.82. The number of nitrogens with zero attached hydrogens (tertiary/aromatic N) is 1. The molecule has 0 N–H and O–H groups in total. The molecule has 3 heteroatoms. The summed E-state index contributed by atoms with van der Waals surface area (Å²) in [5, 5.41) is 0. The number of benzene rings is 1. The summed E-state index contributed by atoms with van der Waals surface area (Å²) >= 11 is 0. The lowest BCUT2D eigenvalue weighted by Gasteiger charge is -2.20. The smallest absolute Gasteiger partial charge is 0.251 e. The molecule has 0 bridgehead atoms. The van der Waals surface area contributed by atoms with Crippen LogP contribution in [-0.2, 0) is 13.0 Å². The van der Waals surface area contributed by atoms with Gasteiger partial charge in [0.05, 0.1) is 0 Å². The Hall–Kier alpha value is -0.960. The molecule has 1 aliphatic heterocycles. The van der Waals surface area contributed by atoms with Gasteiger partial charge in [0, 0.05) is 18.9 Å². The van der Waals surface area contributed by atoms with Crippen LogP contribution < -0.4 is 0 Å². The number of aryl methyl sites for hydroxylation is 1. The SMILES string of the molecule is FC1(F)CC1CCN1CCCc2ccccc2C1. The van der Waals surface area contributed by atoms with Gasteiger partial charge in [-0.3, -0.25) is 4.90 Å². The minimum atomic E-state index is -2.36. The minimum Gasteiger partial charge on any atom is -0.299 e. The zero-order valence-electron chi connectivity index (χ0n) is 10.5. The van der Waals surface area contributed by atoms with Gasteiger partial charge >= 0.3 is 0 Å². The third-order valence-electron chi connectivity index (χ3n) is 4.18. The molecule has 1 aliphatic carbocycles. The Balaban J connectivity index is 1.58. The van der Waals surface area contributed by atoms with Crippen LogP contribution in [0.15, 0.2) is 24.3 Å². The number of rotatable bonds is 3. The van der Waals surface area contributed by atoms with Crippen LogP contribution in [0.5, 0.6) is 0 Å². The lowest BCUT2D eigenvalue weighted by Crippen LogP contribution is -2.25. The van der Waals surface area contributed by atoms with Crippen LogP contribution in [0.3, 0.4) is 0 Å². The third kappa shape index (κ3) is 2.56. The average molecular weight is 251 g/mol. The van der Waals surface area contributed by atoms with Gasteiger partial charge in [-0.15, -0.1) is 0 Å². The van der Waals surface area contributed by atoms with Gasteiger partial charge in [0.2, 0.25) is 0 Å². The van der Waals surface area contributed by atoms with Gasteiger partial charge in [0.1, 0.15) is 0 Å². The second-order valence-corrected chi connectivity index (χ2v) is 5.60. The molecule has 0 radical (unpaired) electrons. The van der Waals surface area contributed by atoms with E-state index in [-0.39, 0.29) is 12.3 Å². The van der Waals surface area contributed by atoms with Crippen molar-refractivity contribution in [3.8, 4) is 0 Å². The summed E-state index contributed by atoms with van der Waals surface area (Å²) in [5.41, 5.74) is 2.80. The summed E-state index contributed by atoms with van der Waals surface area (Å²) in [6, 6.07) is 8.50. The summed E-state index contributed by atoms with van der Waals surface area (Å²) in [5.74, 6) is -2.71. The van der Waals surface area contributed by atoms with Gasteiger partial charge in [-0.2, -0.15) is 0 Å². The molecule has 2 aliphatic rings. The molecular weight excluding hydrogens is 232 g/mol. The van der Waals surface area contributed by atoms with Crippen molar-refractivity contribution < 1.29 is 8.78 Å². The molecule has 0 saturated heterocycles. The zero-order valence-corrected chi connectivity index (χ0v) is 10.5. The first kappa shape index (κ1) is 12.1. The summed E-state index contributed by atoms with van der Waals surface area (Å²) < 4.78 is 25.7. The van der Waals surface area contributed by atoms with Crippen LogP contribution in [0.25, 0.3) is 0 Å². The van der Waals surface area contributed by atoms with Crippen LogP contribution >= 0.6 is 0 Å². The molecule has 1 aromatic carbocycles. The highest BCUT2D eigenvalue weighted by atomic mass is 19.3. The third-order valence-corrected chi connectivity index (χ3v) is 4.18. The molecule has 3 rings (SSSR count). The van der Waals surface area contributed by atoms with Crippen molar-refractivity contribution >= 4 is 0 Å². The van der Waals surface area contributed by atoms with E-state index in [2.05, 4.69) is 29.2 Å². The van der Waals surface area contributed by atoms with Crippen molar-refractivity contribution in [2.24, 2.45) is 5.92 Å². The molecule has 1 aromatic rings. The lowest BCUT2D eigenvalue weighted by molar-refractivity contribution is 0.0934. The molecule has 1 nitrogen and oxygen atoms in total. The maximum Gasteiger partial charge on any atom is 0.251 e. The Labute approximate surface area is 107 Å². The largest absolute Gasteiger partial charge is 0.299 e. The molecule has 18 heavy (non-hydrogen) atoms. The zero-order chi connectivity index (χ0) is 12.6. The van der Waals surface area contributed by atoms with E-state index in [1.165, 1.54) is 11.1 Å². The quantitative estimate of drug-likeness (QED) is 0.795. The fourth-order valence-electron chi connectivity index (χ4n) is 2.88. The van der Waals surface area contributed by atoms with Crippen molar-refractivity contribution in [2.75, 3.05) is 13.1 Å². The topological polar surface area (TPSA) is 3.24 Å². The standard InChI is InChI=1S/C15H19F2N/c16-15(17)10-14(15)7-9-18-8-3-6-12-4-1-2-5-13(12)11-18/h1-2,4-5,14H,3,6-11H2. The molecule has 98 valence electrons. The second kappa shape index (κ2) is 4.61. The monoisotopic (exact) mass is 251 g/mol. The van der Waals surface area contributed by atoms with Crippen LogP contribution in [0.2, 0.25) is 0 Å². The number of hydrogen-bond donors (Lipinski definition) is 0. The predicted octanol–water partition coefficient (Wildman–Crippen LogP) is 3.48. The summed E-state index contributed by atoms with van der Waals surface area (Å²) in [6.45, 7) is 2.77. The van der Waals surface area contributed by atoms with Crippen LogP contribution in [0.1, 0.15) is 30.4 Å². The minimum absolute atomic E-state index is 0.109. The molecule has 1 saturated carbocycles. The van der Waals surface area contributed by atoms with E-state index in [4.69, 9.17) is 0 Å². The Morgan fingerprint density at radius 3 is 2.67 bits per heavy atom. The predicted molar refractivity (Wildman–Crippen MR) is 67.7 cm³/mol. The molecule has 1 fully saturated rings. The first-order chi connectivity index (χ1) is 8.65. The molecule has 1 atom stereocenters. The van der Waals surface area contributed by atoms with E-state index in [9.17, 15) is 8.78 Å². The van der Waals surface area contributed by atoms with E-state index in [1.807, 2.05) is 0 Å². The normalized spacial score (nSPS) is 26.4. The molecule has 1 heterocycles. The number of alkyl halides is 2. The van der Waals surface area contributed by atoms with Crippen molar-refractivity contribution in [1.29, 1.82) is 0 Å². The summed E-state index contributed by atoms with van der Waals surface area (Å²) in [7, 11) is 0. The van der Waals surface area contributed by atoms with Crippen LogP contribution in [0, 0.1) is 5.92 Å². The Bertz CT molecular complexity index is 430. The highest BCUT2D eigenvalue weighted by Gasteiger charge is 2.56. The average Bonchev–Trinajstić information content (AvgIpc) is 3.01. The highest BCUT2D eigenvalue weighted by molar-refractivity contribution is 5.28. The van der Waals surface area contributed by atoms with Crippen LogP contribution in [0.4, 0.5) is 8.78 Å². The molecule has 0 spiro atoms. The number of halogens is 2. The number of fused-ring (bicyclic) bond motifs is 1. The van der Waals surface area contributed by atoms with Crippen molar-refractivity contribution in [1.82, 2.24) is 4.90 Å². The van der Waals surface area contributed by atoms with Gasteiger partial charge in [-0.05, 0) is 43.5 Å². The van der Waals surface area contributed by atoms with Gasteiger partial charge in [-0.25, -0.2) is 8.78 Å². The maximum absolute atomic E-state index is 12.9. The summed E-state index contributed by atoms with van der Waals surface area (Å²) in [6.07, 6.45) is 3.01. The van der Waals surface area contributed by atoms with Gasteiger partial charge in [0.15, 0.2) is 0 Å². The number of hydrogen-bond acceptors (Lipinski definition) is 1. The Kier molecular flexibility index (Phi) is 3.10. The van der Waals surface area contributed by atoms with E-state index in [1.54, 1.807) is 0 Å².